The van der Waals surface area contributed by atoms with Gasteiger partial charge < -0.3 is 10.1 Å². The molecule has 0 aliphatic heterocycles. The van der Waals surface area contributed by atoms with E-state index in [2.05, 4.69) is 10.3 Å². The first-order chi connectivity index (χ1) is 12.5. The van der Waals surface area contributed by atoms with E-state index in [0.717, 1.165) is 3.57 Å². The van der Waals surface area contributed by atoms with Crippen molar-refractivity contribution in [2.24, 2.45) is 0 Å². The summed E-state index contributed by atoms with van der Waals surface area (Å²) in [5.41, 5.74) is 0.921. The lowest BCUT2D eigenvalue weighted by Gasteiger charge is -2.15. The highest BCUT2D eigenvalue weighted by atomic mass is 127. The van der Waals surface area contributed by atoms with Gasteiger partial charge in [0.15, 0.2) is 0 Å². The molecule has 0 bridgehead atoms. The molecule has 0 fully saturated rings. The molecule has 1 heterocycles. The number of methoxy groups -OCH3 is 1. The third-order valence-electron chi connectivity index (χ3n) is 3.70. The van der Waals surface area contributed by atoms with Gasteiger partial charge in [-0.3, -0.25) is 4.98 Å². The second kappa shape index (κ2) is 7.77. The van der Waals surface area contributed by atoms with Gasteiger partial charge in [-0.05, 0) is 46.9 Å². The number of hydrogen-bond donors (Lipinski definition) is 1. The molecule has 4 nitrogen and oxygen atoms in total. The van der Waals surface area contributed by atoms with Gasteiger partial charge in [0.1, 0.15) is 11.6 Å². The molecule has 0 amide bonds. The predicted octanol–water partition coefficient (Wildman–Crippen LogP) is 5.16. The van der Waals surface area contributed by atoms with E-state index in [-0.39, 0.29) is 28.1 Å². The number of hydrogen-bond acceptors (Lipinski definition) is 4. The smallest absolute Gasteiger partial charge is 0.340 e. The number of nitrogens with one attached hydrogen (secondary N) is 1. The minimum atomic E-state index is -0.681. The fourth-order valence-electron chi connectivity index (χ4n) is 2.50. The van der Waals surface area contributed by atoms with E-state index in [4.69, 9.17) is 4.74 Å². The third kappa shape index (κ3) is 3.67. The molecule has 0 radical (unpaired) electrons. The quantitative estimate of drug-likeness (QED) is 0.427. The summed E-state index contributed by atoms with van der Waals surface area (Å²) in [5.74, 6) is -1.67. The van der Waals surface area contributed by atoms with Crippen molar-refractivity contribution in [1.82, 2.24) is 4.98 Å². The van der Waals surface area contributed by atoms with Crippen LogP contribution in [0.3, 0.4) is 0 Å². The Morgan fingerprint density at radius 3 is 2.50 bits per heavy atom. The normalized spacial score (nSPS) is 10.5. The zero-order valence-electron chi connectivity index (χ0n) is 13.6. The van der Waals surface area contributed by atoms with Gasteiger partial charge in [0.25, 0.3) is 0 Å². The Morgan fingerprint density at radius 2 is 1.81 bits per heavy atom. The summed E-state index contributed by atoms with van der Waals surface area (Å²) in [5, 5.41) is 2.85. The number of anilines is 2. The lowest BCUT2D eigenvalue weighted by Crippen LogP contribution is -2.09. The molecule has 3 rings (SSSR count). The summed E-state index contributed by atoms with van der Waals surface area (Å²) >= 11 is 2.00. The van der Waals surface area contributed by atoms with Crippen molar-refractivity contribution in [1.29, 1.82) is 0 Å². The molecule has 7 heteroatoms. The molecule has 0 unspecified atom stereocenters. The Balaban J connectivity index is 2.15. The third-order valence-corrected chi connectivity index (χ3v) is 4.37. The molecule has 0 saturated carbocycles. The summed E-state index contributed by atoms with van der Waals surface area (Å²) in [7, 11) is 1.23. The summed E-state index contributed by atoms with van der Waals surface area (Å²) in [6.07, 6.45) is 2.74. The van der Waals surface area contributed by atoms with E-state index in [1.807, 2.05) is 22.6 Å². The fourth-order valence-corrected chi connectivity index (χ4v) is 2.95. The van der Waals surface area contributed by atoms with Crippen LogP contribution in [-0.2, 0) is 4.74 Å². The molecule has 2 aromatic carbocycles. The van der Waals surface area contributed by atoms with Crippen molar-refractivity contribution in [2.45, 2.75) is 0 Å². The van der Waals surface area contributed by atoms with E-state index in [9.17, 15) is 13.6 Å². The zero-order valence-corrected chi connectivity index (χ0v) is 15.8. The second-order valence-electron chi connectivity index (χ2n) is 5.33. The van der Waals surface area contributed by atoms with E-state index in [1.54, 1.807) is 24.3 Å². The maximum absolute atomic E-state index is 14.2. The molecule has 1 N–H and O–H groups in total. The van der Waals surface area contributed by atoms with E-state index >= 15 is 0 Å². The minimum Gasteiger partial charge on any atom is -0.465 e. The number of pyridine rings is 1. The van der Waals surface area contributed by atoms with Gasteiger partial charge >= 0.3 is 5.97 Å². The lowest BCUT2D eigenvalue weighted by molar-refractivity contribution is 0.0602. The second-order valence-corrected chi connectivity index (χ2v) is 6.58. The van der Waals surface area contributed by atoms with Crippen LogP contribution in [0.4, 0.5) is 20.2 Å². The van der Waals surface area contributed by atoms with Crippen molar-refractivity contribution < 1.29 is 18.3 Å². The largest absolute Gasteiger partial charge is 0.465 e. The maximum Gasteiger partial charge on any atom is 0.340 e. The average molecular weight is 466 g/mol. The Kier molecular flexibility index (Phi) is 5.46. The molecule has 26 heavy (non-hydrogen) atoms. The van der Waals surface area contributed by atoms with Crippen molar-refractivity contribution in [2.75, 3.05) is 12.4 Å². The number of rotatable bonds is 4. The molecule has 0 aliphatic carbocycles. The topological polar surface area (TPSA) is 51.2 Å². The van der Waals surface area contributed by atoms with Crippen LogP contribution >= 0.6 is 22.6 Å². The molecule has 1 aromatic heterocycles. The van der Waals surface area contributed by atoms with Crippen LogP contribution in [0.15, 0.2) is 54.9 Å². The zero-order chi connectivity index (χ0) is 18.7. The van der Waals surface area contributed by atoms with E-state index in [1.165, 1.54) is 37.7 Å². The Bertz CT molecular complexity index is 980. The minimum absolute atomic E-state index is 0.0746. The first-order valence-electron chi connectivity index (χ1n) is 7.54. The molecular formula is C19H13F2IN2O2. The number of ether oxygens (including phenoxy) is 1. The number of nitrogens with zero attached hydrogens (tertiary/aromatic N) is 1. The van der Waals surface area contributed by atoms with Gasteiger partial charge in [0, 0.05) is 20.9 Å². The summed E-state index contributed by atoms with van der Waals surface area (Å²) in [6, 6.07) is 10.6. The molecule has 3 aromatic rings. The van der Waals surface area contributed by atoms with Crippen LogP contribution in [0.1, 0.15) is 10.4 Å². The van der Waals surface area contributed by atoms with Gasteiger partial charge in [0.05, 0.1) is 30.2 Å². The van der Waals surface area contributed by atoms with Crippen LogP contribution in [0.25, 0.3) is 11.1 Å². The highest BCUT2D eigenvalue weighted by molar-refractivity contribution is 14.1. The van der Waals surface area contributed by atoms with E-state index in [0.29, 0.717) is 0 Å². The summed E-state index contributed by atoms with van der Waals surface area (Å²) < 4.78 is 34.0. The standard InChI is InChI=1S/C19H13F2IN2O2/c1-26-19(25)18-13(12-4-2-3-5-14(12)20)9-23-10-17(18)24-16-7-6-11(22)8-15(16)21/h2-10,24H,1H3. The molecule has 132 valence electrons. The number of halogens is 3. The number of benzene rings is 2. The number of carbonyl (C=O) groups excluding carboxylic acids is 1. The van der Waals surface area contributed by atoms with Crippen molar-refractivity contribution in [3.8, 4) is 11.1 Å². The van der Waals surface area contributed by atoms with Gasteiger partial charge in [-0.1, -0.05) is 18.2 Å². The average Bonchev–Trinajstić information content (AvgIpc) is 2.63. The number of carbonyl (C=O) groups is 1. The van der Waals surface area contributed by atoms with Crippen LogP contribution in [-0.4, -0.2) is 18.1 Å². The Hall–Kier alpha value is -2.55. The molecule has 0 spiro atoms. The lowest BCUT2D eigenvalue weighted by atomic mass is 10.00. The van der Waals surface area contributed by atoms with Crippen molar-refractivity contribution in [3.63, 3.8) is 0 Å². The van der Waals surface area contributed by atoms with Gasteiger partial charge in [-0.25, -0.2) is 13.6 Å². The first-order valence-corrected chi connectivity index (χ1v) is 8.62. The van der Waals surface area contributed by atoms with Crippen LogP contribution < -0.4 is 5.32 Å². The first kappa shape index (κ1) is 18.2. The Labute approximate surface area is 162 Å². The molecular weight excluding hydrogens is 453 g/mol. The highest BCUT2D eigenvalue weighted by Gasteiger charge is 2.21. The Morgan fingerprint density at radius 1 is 1.04 bits per heavy atom. The van der Waals surface area contributed by atoms with Crippen molar-refractivity contribution >= 4 is 39.9 Å². The van der Waals surface area contributed by atoms with Crippen molar-refractivity contribution in [3.05, 3.63) is 75.6 Å². The van der Waals surface area contributed by atoms with Crippen LogP contribution in [0, 0.1) is 15.2 Å². The maximum atomic E-state index is 14.2. The molecule has 0 saturated heterocycles. The van der Waals surface area contributed by atoms with Gasteiger partial charge in [-0.15, -0.1) is 0 Å². The summed E-state index contributed by atoms with van der Waals surface area (Å²) in [6.45, 7) is 0. The highest BCUT2D eigenvalue weighted by Crippen LogP contribution is 2.32. The predicted molar refractivity (Wildman–Crippen MR) is 103 cm³/mol. The fraction of sp³-hybridized carbons (Fsp3) is 0.0526. The van der Waals surface area contributed by atoms with Gasteiger partial charge in [0.2, 0.25) is 0 Å². The van der Waals surface area contributed by atoms with E-state index < -0.39 is 17.6 Å². The molecule has 0 aliphatic rings. The SMILES string of the molecule is COC(=O)c1c(Nc2ccc(I)cc2F)cncc1-c1ccccc1F. The number of esters is 1. The monoisotopic (exact) mass is 466 g/mol. The summed E-state index contributed by atoms with van der Waals surface area (Å²) in [4.78, 5) is 16.4. The molecule has 0 atom stereocenters. The van der Waals surface area contributed by atoms with Crippen LogP contribution in [0.5, 0.6) is 0 Å². The van der Waals surface area contributed by atoms with Crippen LogP contribution in [0.2, 0.25) is 0 Å². The van der Waals surface area contributed by atoms with Gasteiger partial charge in [-0.2, -0.15) is 0 Å². The number of aromatic nitrogens is 1.